The fourth-order valence-corrected chi connectivity index (χ4v) is 4.40. The van der Waals surface area contributed by atoms with Crippen molar-refractivity contribution in [1.29, 1.82) is 0 Å². The minimum atomic E-state index is -0.389. The van der Waals surface area contributed by atoms with Crippen LogP contribution in [0.2, 0.25) is 0 Å². The molecule has 8 nitrogen and oxygen atoms in total. The van der Waals surface area contributed by atoms with Gasteiger partial charge in [-0.15, -0.1) is 0 Å². The van der Waals surface area contributed by atoms with Crippen LogP contribution in [0.15, 0.2) is 77.6 Å². The third-order valence-electron chi connectivity index (χ3n) is 6.35. The molecule has 2 heterocycles. The Bertz CT molecular complexity index is 1390. The van der Waals surface area contributed by atoms with Gasteiger partial charge < -0.3 is 9.80 Å². The van der Waals surface area contributed by atoms with Gasteiger partial charge in [-0.2, -0.15) is 0 Å². The highest BCUT2D eigenvalue weighted by atomic mass is 16.6. The number of nitro benzene ring substituents is 1. The third-order valence-corrected chi connectivity index (χ3v) is 6.35. The van der Waals surface area contributed by atoms with Crippen LogP contribution >= 0.6 is 0 Å². The van der Waals surface area contributed by atoms with Gasteiger partial charge in [-0.05, 0) is 48.4 Å². The predicted octanol–water partition coefficient (Wildman–Crippen LogP) is 4.18. The summed E-state index contributed by atoms with van der Waals surface area (Å²) in [6.07, 6.45) is 0.933. The van der Waals surface area contributed by atoms with Gasteiger partial charge in [0.2, 0.25) is 5.95 Å². The number of anilines is 2. The Balaban J connectivity index is 1.48. The summed E-state index contributed by atoms with van der Waals surface area (Å²) in [4.78, 5) is 33.3. The predicted molar refractivity (Wildman–Crippen MR) is 134 cm³/mol. The lowest BCUT2D eigenvalue weighted by Crippen LogP contribution is -2.48. The molecule has 1 aliphatic rings. The molecular weight excluding hydrogens is 430 g/mol. The van der Waals surface area contributed by atoms with Crippen molar-refractivity contribution in [3.8, 4) is 5.69 Å². The summed E-state index contributed by atoms with van der Waals surface area (Å²) in [6, 6.07) is 22.1. The van der Waals surface area contributed by atoms with Gasteiger partial charge in [-0.3, -0.25) is 14.9 Å². The summed E-state index contributed by atoms with van der Waals surface area (Å²) in [5.74, 6) is 0.635. The summed E-state index contributed by atoms with van der Waals surface area (Å²) in [7, 11) is 0. The van der Waals surface area contributed by atoms with Crippen LogP contribution in [0, 0.1) is 10.1 Å². The van der Waals surface area contributed by atoms with Crippen LogP contribution in [0.4, 0.5) is 17.3 Å². The first kappa shape index (κ1) is 21.6. The number of rotatable bonds is 5. The highest BCUT2D eigenvalue weighted by Gasteiger charge is 2.23. The van der Waals surface area contributed by atoms with Crippen molar-refractivity contribution >= 4 is 28.2 Å². The quantitative estimate of drug-likeness (QED) is 0.332. The van der Waals surface area contributed by atoms with E-state index in [1.807, 2.05) is 48.5 Å². The van der Waals surface area contributed by atoms with Gasteiger partial charge in [0.15, 0.2) is 0 Å². The van der Waals surface area contributed by atoms with Gasteiger partial charge in [0, 0.05) is 44.0 Å². The smallest absolute Gasteiger partial charge is 0.269 e. The zero-order valence-corrected chi connectivity index (χ0v) is 18.9. The number of para-hydroxylation sites is 1. The number of nitro groups is 1. The Morgan fingerprint density at radius 3 is 2.12 bits per heavy atom. The van der Waals surface area contributed by atoms with E-state index in [0.29, 0.717) is 29.9 Å². The standard InChI is InChI=1S/C26H25N5O3/c1-2-19-7-9-21(10-8-19)30-25(32)23-5-3-4-6-24(23)27-26(30)29-17-15-28(16-18-29)20-11-13-22(14-12-20)31(33)34/h3-14H,2,15-18H2,1H3. The van der Waals surface area contributed by atoms with Crippen LogP contribution < -0.4 is 15.4 Å². The second-order valence-electron chi connectivity index (χ2n) is 8.34. The maximum Gasteiger partial charge on any atom is 0.269 e. The number of piperazine rings is 1. The summed E-state index contributed by atoms with van der Waals surface area (Å²) in [5, 5.41) is 11.5. The number of fused-ring (bicyclic) bond motifs is 1. The van der Waals surface area contributed by atoms with Crippen molar-refractivity contribution in [1.82, 2.24) is 9.55 Å². The SMILES string of the molecule is CCc1ccc(-n2c(N3CCN(c4ccc([N+](=O)[O-])cc4)CC3)nc3ccccc3c2=O)cc1. The lowest BCUT2D eigenvalue weighted by molar-refractivity contribution is -0.384. The second-order valence-corrected chi connectivity index (χ2v) is 8.34. The van der Waals surface area contributed by atoms with Crippen LogP contribution in [-0.2, 0) is 6.42 Å². The third kappa shape index (κ3) is 3.98. The molecule has 172 valence electrons. The molecule has 1 fully saturated rings. The van der Waals surface area contributed by atoms with E-state index in [4.69, 9.17) is 4.98 Å². The average Bonchev–Trinajstić information content (AvgIpc) is 2.89. The number of nitrogens with zero attached hydrogens (tertiary/aromatic N) is 5. The fraction of sp³-hybridized carbons (Fsp3) is 0.231. The van der Waals surface area contributed by atoms with Gasteiger partial charge in [0.1, 0.15) is 0 Å². The zero-order chi connectivity index (χ0) is 23.7. The topological polar surface area (TPSA) is 84.5 Å². The minimum absolute atomic E-state index is 0.0809. The molecule has 1 aromatic heterocycles. The molecule has 3 aromatic carbocycles. The van der Waals surface area contributed by atoms with Crippen molar-refractivity contribution in [3.63, 3.8) is 0 Å². The highest BCUT2D eigenvalue weighted by molar-refractivity contribution is 5.79. The summed E-state index contributed by atoms with van der Waals surface area (Å²) in [6.45, 7) is 4.89. The Labute approximate surface area is 196 Å². The van der Waals surface area contributed by atoms with E-state index in [2.05, 4.69) is 16.7 Å². The van der Waals surface area contributed by atoms with E-state index >= 15 is 0 Å². The van der Waals surface area contributed by atoms with Gasteiger partial charge >= 0.3 is 0 Å². The molecule has 0 atom stereocenters. The molecule has 1 saturated heterocycles. The lowest BCUT2D eigenvalue weighted by Gasteiger charge is -2.37. The second kappa shape index (κ2) is 8.97. The molecule has 0 amide bonds. The first-order chi connectivity index (χ1) is 16.5. The minimum Gasteiger partial charge on any atom is -0.368 e. The molecule has 0 aliphatic carbocycles. The maximum absolute atomic E-state index is 13.6. The molecule has 34 heavy (non-hydrogen) atoms. The normalized spacial score (nSPS) is 13.9. The molecule has 4 aromatic rings. The fourth-order valence-electron chi connectivity index (χ4n) is 4.40. The van der Waals surface area contributed by atoms with Gasteiger partial charge in [-0.25, -0.2) is 9.55 Å². The average molecular weight is 456 g/mol. The Morgan fingerprint density at radius 2 is 1.47 bits per heavy atom. The van der Waals surface area contributed by atoms with Crippen molar-refractivity contribution < 1.29 is 4.92 Å². The summed E-state index contributed by atoms with van der Waals surface area (Å²) in [5.41, 5.74) is 3.64. The molecule has 0 N–H and O–H groups in total. The van der Waals surface area contributed by atoms with E-state index in [0.717, 1.165) is 30.9 Å². The zero-order valence-electron chi connectivity index (χ0n) is 18.9. The van der Waals surface area contributed by atoms with Crippen LogP contribution in [0.1, 0.15) is 12.5 Å². The van der Waals surface area contributed by atoms with Crippen LogP contribution in [-0.4, -0.2) is 40.7 Å². The van der Waals surface area contributed by atoms with Gasteiger partial charge in [-0.1, -0.05) is 31.2 Å². The van der Waals surface area contributed by atoms with E-state index < -0.39 is 0 Å². The maximum atomic E-state index is 13.6. The molecular formula is C26H25N5O3. The van der Waals surface area contributed by atoms with E-state index in [9.17, 15) is 14.9 Å². The molecule has 0 saturated carbocycles. The van der Waals surface area contributed by atoms with E-state index in [-0.39, 0.29) is 16.2 Å². The molecule has 1 aliphatic heterocycles. The number of aromatic nitrogens is 2. The van der Waals surface area contributed by atoms with Gasteiger partial charge in [0.05, 0.1) is 21.5 Å². The van der Waals surface area contributed by atoms with Crippen molar-refractivity contribution in [2.45, 2.75) is 13.3 Å². The number of aryl methyl sites for hydroxylation is 1. The molecule has 0 bridgehead atoms. The summed E-state index contributed by atoms with van der Waals surface area (Å²) >= 11 is 0. The molecule has 0 spiro atoms. The van der Waals surface area contributed by atoms with E-state index in [1.165, 1.54) is 17.7 Å². The monoisotopic (exact) mass is 455 g/mol. The number of hydrogen-bond donors (Lipinski definition) is 0. The Morgan fingerprint density at radius 1 is 0.853 bits per heavy atom. The number of hydrogen-bond acceptors (Lipinski definition) is 6. The largest absolute Gasteiger partial charge is 0.368 e. The van der Waals surface area contributed by atoms with E-state index in [1.54, 1.807) is 16.7 Å². The Hall–Kier alpha value is -4.20. The number of benzene rings is 3. The highest BCUT2D eigenvalue weighted by Crippen LogP contribution is 2.24. The van der Waals surface area contributed by atoms with Crippen molar-refractivity contribution in [2.75, 3.05) is 36.0 Å². The first-order valence-electron chi connectivity index (χ1n) is 11.4. The van der Waals surface area contributed by atoms with Gasteiger partial charge in [0.25, 0.3) is 11.2 Å². The van der Waals surface area contributed by atoms with Crippen molar-refractivity contribution in [3.05, 3.63) is 98.8 Å². The molecule has 0 radical (unpaired) electrons. The first-order valence-corrected chi connectivity index (χ1v) is 11.4. The lowest BCUT2D eigenvalue weighted by atomic mass is 10.1. The molecule has 5 rings (SSSR count). The molecule has 0 unspecified atom stereocenters. The Kier molecular flexibility index (Phi) is 5.71. The number of non-ortho nitro benzene ring substituents is 1. The van der Waals surface area contributed by atoms with Crippen LogP contribution in [0.3, 0.4) is 0 Å². The van der Waals surface area contributed by atoms with Crippen molar-refractivity contribution in [2.24, 2.45) is 0 Å². The molecule has 8 heteroatoms. The van der Waals surface area contributed by atoms with Crippen LogP contribution in [0.5, 0.6) is 0 Å². The summed E-state index contributed by atoms with van der Waals surface area (Å²) < 4.78 is 1.71. The van der Waals surface area contributed by atoms with Crippen LogP contribution in [0.25, 0.3) is 16.6 Å².